The van der Waals surface area contributed by atoms with Crippen molar-refractivity contribution in [2.24, 2.45) is 7.05 Å². The average Bonchev–Trinajstić information content (AvgIpc) is 3.04. The van der Waals surface area contributed by atoms with E-state index in [1.807, 2.05) is 18.5 Å². The zero-order valence-corrected chi connectivity index (χ0v) is 14.2. The van der Waals surface area contributed by atoms with Gasteiger partial charge in [0.05, 0.1) is 13.2 Å². The van der Waals surface area contributed by atoms with Crippen LogP contribution in [0.5, 0.6) is 11.5 Å². The highest BCUT2D eigenvalue weighted by Crippen LogP contribution is 2.35. The Hall–Kier alpha value is -2.08. The fraction of sp³-hybridized carbons (Fsp3) is 0.529. The molecule has 1 aromatic heterocycles. The summed E-state index contributed by atoms with van der Waals surface area (Å²) in [4.78, 5) is 2.20. The van der Waals surface area contributed by atoms with Crippen molar-refractivity contribution in [1.82, 2.24) is 19.7 Å². The minimum absolute atomic E-state index is 0.242. The summed E-state index contributed by atoms with van der Waals surface area (Å²) in [5.41, 5.74) is 2.38. The summed E-state index contributed by atoms with van der Waals surface area (Å²) in [5.74, 6) is 2.88. The number of nitrogens with zero attached hydrogens (tertiary/aromatic N) is 4. The van der Waals surface area contributed by atoms with Crippen molar-refractivity contribution in [3.63, 3.8) is 0 Å². The third-order valence-electron chi connectivity index (χ3n) is 4.04. The Labute approximate surface area is 137 Å². The minimum Gasteiger partial charge on any atom is -0.494 e. The maximum Gasteiger partial charge on any atom is 0.146 e. The quantitative estimate of drug-likeness (QED) is 0.817. The van der Waals surface area contributed by atoms with Crippen molar-refractivity contribution in [3.8, 4) is 11.5 Å². The molecule has 1 unspecified atom stereocenters. The van der Waals surface area contributed by atoms with Gasteiger partial charge < -0.3 is 14.0 Å². The summed E-state index contributed by atoms with van der Waals surface area (Å²) < 4.78 is 13.7. The third-order valence-corrected chi connectivity index (χ3v) is 4.04. The maximum atomic E-state index is 5.89. The summed E-state index contributed by atoms with van der Waals surface area (Å²) in [7, 11) is 4.03. The van der Waals surface area contributed by atoms with Crippen LogP contribution < -0.4 is 9.47 Å². The first kappa shape index (κ1) is 15.8. The smallest absolute Gasteiger partial charge is 0.146 e. The summed E-state index contributed by atoms with van der Waals surface area (Å²) in [6, 6.07) is 4.25. The monoisotopic (exact) mass is 316 g/mol. The van der Waals surface area contributed by atoms with Crippen LogP contribution in [-0.2, 0) is 26.6 Å². The van der Waals surface area contributed by atoms with Gasteiger partial charge >= 0.3 is 0 Å². The van der Waals surface area contributed by atoms with E-state index in [-0.39, 0.29) is 6.10 Å². The molecule has 1 aromatic carbocycles. The lowest BCUT2D eigenvalue weighted by atomic mass is 10.1. The van der Waals surface area contributed by atoms with E-state index in [2.05, 4.69) is 41.2 Å². The molecule has 6 nitrogen and oxygen atoms in total. The number of benzene rings is 1. The molecular formula is C17H24N4O2. The molecule has 23 heavy (non-hydrogen) atoms. The summed E-state index contributed by atoms with van der Waals surface area (Å²) >= 11 is 0. The molecule has 0 aliphatic carbocycles. The standard InChI is InChI=1S/C17H24N4O2/c1-5-22-15-7-13-6-12(2)23-16(13)8-14(15)9-20(3)10-17-19-18-11-21(17)4/h7-8,11-12H,5-6,9-10H2,1-4H3. The molecule has 124 valence electrons. The van der Waals surface area contributed by atoms with Crippen molar-refractivity contribution in [2.45, 2.75) is 39.5 Å². The van der Waals surface area contributed by atoms with Gasteiger partial charge in [-0.2, -0.15) is 0 Å². The molecule has 0 fully saturated rings. The van der Waals surface area contributed by atoms with Crippen LogP contribution in [0.25, 0.3) is 0 Å². The van der Waals surface area contributed by atoms with Gasteiger partial charge in [0.2, 0.25) is 0 Å². The molecule has 2 aromatic rings. The first-order valence-electron chi connectivity index (χ1n) is 8.03. The van der Waals surface area contributed by atoms with E-state index in [0.29, 0.717) is 6.61 Å². The van der Waals surface area contributed by atoms with Crippen LogP contribution in [0.3, 0.4) is 0 Å². The van der Waals surface area contributed by atoms with Gasteiger partial charge in [0.25, 0.3) is 0 Å². The maximum absolute atomic E-state index is 5.89. The van der Waals surface area contributed by atoms with Crippen LogP contribution >= 0.6 is 0 Å². The Morgan fingerprint density at radius 2 is 2.22 bits per heavy atom. The number of aryl methyl sites for hydroxylation is 1. The predicted octanol–water partition coefficient (Wildman–Crippen LogP) is 2.17. The fourth-order valence-electron chi connectivity index (χ4n) is 2.93. The Morgan fingerprint density at radius 3 is 2.91 bits per heavy atom. The van der Waals surface area contributed by atoms with Gasteiger partial charge in [-0.1, -0.05) is 0 Å². The van der Waals surface area contributed by atoms with E-state index in [1.54, 1.807) is 6.33 Å². The van der Waals surface area contributed by atoms with E-state index in [1.165, 1.54) is 5.56 Å². The molecule has 0 amide bonds. The molecule has 0 N–H and O–H groups in total. The van der Waals surface area contributed by atoms with Crippen LogP contribution in [0, 0.1) is 0 Å². The molecule has 0 bridgehead atoms. The van der Waals surface area contributed by atoms with E-state index >= 15 is 0 Å². The van der Waals surface area contributed by atoms with Crippen molar-refractivity contribution in [1.29, 1.82) is 0 Å². The lowest BCUT2D eigenvalue weighted by Crippen LogP contribution is -2.20. The van der Waals surface area contributed by atoms with E-state index < -0.39 is 0 Å². The number of rotatable bonds is 6. The summed E-state index contributed by atoms with van der Waals surface area (Å²) in [5, 5.41) is 8.07. The predicted molar refractivity (Wildman–Crippen MR) is 87.6 cm³/mol. The molecule has 1 atom stereocenters. The first-order valence-corrected chi connectivity index (χ1v) is 8.03. The Balaban J connectivity index is 1.78. The Bertz CT molecular complexity index is 683. The number of hydrogen-bond acceptors (Lipinski definition) is 5. The van der Waals surface area contributed by atoms with Crippen LogP contribution in [0.15, 0.2) is 18.5 Å². The second-order valence-electron chi connectivity index (χ2n) is 6.16. The molecule has 0 saturated carbocycles. The Kier molecular flexibility index (Phi) is 4.52. The topological polar surface area (TPSA) is 52.4 Å². The van der Waals surface area contributed by atoms with Gasteiger partial charge in [0.15, 0.2) is 0 Å². The van der Waals surface area contributed by atoms with Crippen LogP contribution in [0.4, 0.5) is 0 Å². The highest BCUT2D eigenvalue weighted by Gasteiger charge is 2.22. The fourth-order valence-corrected chi connectivity index (χ4v) is 2.93. The van der Waals surface area contributed by atoms with E-state index in [0.717, 1.165) is 42.4 Å². The molecule has 3 rings (SSSR count). The van der Waals surface area contributed by atoms with Crippen molar-refractivity contribution >= 4 is 0 Å². The van der Waals surface area contributed by atoms with Crippen molar-refractivity contribution in [2.75, 3.05) is 13.7 Å². The summed E-state index contributed by atoms with van der Waals surface area (Å²) in [6.45, 7) is 6.28. The van der Waals surface area contributed by atoms with Gasteiger partial charge in [0.1, 0.15) is 29.8 Å². The second-order valence-corrected chi connectivity index (χ2v) is 6.16. The van der Waals surface area contributed by atoms with Crippen molar-refractivity contribution in [3.05, 3.63) is 35.4 Å². The molecule has 0 radical (unpaired) electrons. The molecule has 6 heteroatoms. The van der Waals surface area contributed by atoms with Gasteiger partial charge in [-0.05, 0) is 33.0 Å². The first-order chi connectivity index (χ1) is 11.1. The molecule has 0 spiro atoms. The van der Waals surface area contributed by atoms with Crippen LogP contribution in [-0.4, -0.2) is 39.4 Å². The SMILES string of the molecule is CCOc1cc2c(cc1CN(C)Cc1nncn1C)OC(C)C2. The number of ether oxygens (including phenoxy) is 2. The third kappa shape index (κ3) is 3.47. The summed E-state index contributed by atoms with van der Waals surface area (Å²) in [6.07, 6.45) is 2.91. The van der Waals surface area contributed by atoms with Gasteiger partial charge in [0, 0.05) is 31.1 Å². The zero-order chi connectivity index (χ0) is 16.4. The lowest BCUT2D eigenvalue weighted by Gasteiger charge is -2.19. The van der Waals surface area contributed by atoms with Crippen LogP contribution in [0.1, 0.15) is 30.8 Å². The number of fused-ring (bicyclic) bond motifs is 1. The molecular weight excluding hydrogens is 292 g/mol. The highest BCUT2D eigenvalue weighted by atomic mass is 16.5. The zero-order valence-electron chi connectivity index (χ0n) is 14.2. The second kappa shape index (κ2) is 6.58. The number of hydrogen-bond donors (Lipinski definition) is 0. The Morgan fingerprint density at radius 1 is 1.39 bits per heavy atom. The normalized spacial score (nSPS) is 16.5. The van der Waals surface area contributed by atoms with Gasteiger partial charge in [-0.3, -0.25) is 4.90 Å². The van der Waals surface area contributed by atoms with Gasteiger partial charge in [-0.15, -0.1) is 10.2 Å². The average molecular weight is 316 g/mol. The largest absolute Gasteiger partial charge is 0.494 e. The lowest BCUT2D eigenvalue weighted by molar-refractivity contribution is 0.253. The molecule has 1 aliphatic rings. The van der Waals surface area contributed by atoms with Crippen molar-refractivity contribution < 1.29 is 9.47 Å². The van der Waals surface area contributed by atoms with Gasteiger partial charge in [-0.25, -0.2) is 0 Å². The van der Waals surface area contributed by atoms with E-state index in [9.17, 15) is 0 Å². The highest BCUT2D eigenvalue weighted by molar-refractivity contribution is 5.48. The molecule has 2 heterocycles. The number of aromatic nitrogens is 3. The minimum atomic E-state index is 0.242. The molecule has 1 aliphatic heterocycles. The van der Waals surface area contributed by atoms with Crippen LogP contribution in [0.2, 0.25) is 0 Å². The molecule has 0 saturated heterocycles. The van der Waals surface area contributed by atoms with E-state index in [4.69, 9.17) is 9.47 Å².